The van der Waals surface area contributed by atoms with Gasteiger partial charge in [0.2, 0.25) is 0 Å². The summed E-state index contributed by atoms with van der Waals surface area (Å²) in [5.74, 6) is 0.254. The summed E-state index contributed by atoms with van der Waals surface area (Å²) >= 11 is 0. The van der Waals surface area contributed by atoms with E-state index in [9.17, 15) is 4.79 Å². The molecule has 3 N–H and O–H groups in total. The summed E-state index contributed by atoms with van der Waals surface area (Å²) in [6, 6.07) is 17.9. The second-order valence-corrected chi connectivity index (χ2v) is 6.34. The zero-order chi connectivity index (χ0) is 18.1. The third-order valence-electron chi connectivity index (χ3n) is 4.06. The van der Waals surface area contributed by atoms with E-state index in [-0.39, 0.29) is 18.6 Å². The first-order chi connectivity index (χ1) is 12.1. The second-order valence-electron chi connectivity index (χ2n) is 6.34. The number of hydrogen-bond acceptors (Lipinski definition) is 3. The number of benzene rings is 2. The van der Waals surface area contributed by atoms with Crippen LogP contribution in [0.4, 0.5) is 16.2 Å². The van der Waals surface area contributed by atoms with Crippen LogP contribution in [0.1, 0.15) is 18.9 Å². The zero-order valence-corrected chi connectivity index (χ0v) is 14.9. The van der Waals surface area contributed by atoms with E-state index in [2.05, 4.69) is 27.7 Å². The number of amides is 2. The first-order valence-electron chi connectivity index (χ1n) is 8.59. The minimum absolute atomic E-state index is 0.141. The predicted molar refractivity (Wildman–Crippen MR) is 103 cm³/mol. The van der Waals surface area contributed by atoms with Crippen LogP contribution in [0.3, 0.4) is 0 Å². The van der Waals surface area contributed by atoms with E-state index >= 15 is 0 Å². The lowest BCUT2D eigenvalue weighted by Gasteiger charge is -2.20. The summed E-state index contributed by atoms with van der Waals surface area (Å²) in [4.78, 5) is 14.0. The molecule has 0 aliphatic heterocycles. The molecule has 1 unspecified atom stereocenters. The third kappa shape index (κ3) is 6.47. The standard InChI is InChI=1S/C20H27N3O2/c1-16(12-13-24)14-21-20(25)22-18-8-10-19(11-9-18)23(2)15-17-6-4-3-5-7-17/h3-11,16,24H,12-15H2,1-2H3,(H2,21,22,25). The zero-order valence-electron chi connectivity index (χ0n) is 14.9. The lowest BCUT2D eigenvalue weighted by molar-refractivity contribution is 0.243. The molecule has 0 bridgehead atoms. The number of carbonyl (C=O) groups excluding carboxylic acids is 1. The molecule has 2 aromatic rings. The van der Waals surface area contributed by atoms with E-state index in [1.165, 1.54) is 5.56 Å². The maximum atomic E-state index is 11.9. The highest BCUT2D eigenvalue weighted by molar-refractivity contribution is 5.89. The molecule has 1 atom stereocenters. The Morgan fingerprint density at radius 1 is 1.12 bits per heavy atom. The summed E-state index contributed by atoms with van der Waals surface area (Å²) in [5.41, 5.74) is 3.10. The van der Waals surface area contributed by atoms with E-state index in [1.807, 2.05) is 56.4 Å². The molecule has 0 aromatic heterocycles. The van der Waals surface area contributed by atoms with Gasteiger partial charge in [-0.2, -0.15) is 0 Å². The van der Waals surface area contributed by atoms with Crippen molar-refractivity contribution in [2.45, 2.75) is 19.9 Å². The molecule has 0 saturated carbocycles. The molecule has 2 aromatic carbocycles. The summed E-state index contributed by atoms with van der Waals surface area (Å²) < 4.78 is 0. The van der Waals surface area contributed by atoms with Gasteiger partial charge in [-0.05, 0) is 42.2 Å². The number of hydrogen-bond donors (Lipinski definition) is 3. The average Bonchev–Trinajstić information content (AvgIpc) is 2.62. The maximum absolute atomic E-state index is 11.9. The highest BCUT2D eigenvalue weighted by Crippen LogP contribution is 2.18. The van der Waals surface area contributed by atoms with Crippen molar-refractivity contribution in [1.29, 1.82) is 0 Å². The van der Waals surface area contributed by atoms with Crippen LogP contribution in [0.15, 0.2) is 54.6 Å². The summed E-state index contributed by atoms with van der Waals surface area (Å²) in [6.45, 7) is 3.51. The molecule has 2 amide bonds. The van der Waals surface area contributed by atoms with Gasteiger partial charge >= 0.3 is 6.03 Å². The van der Waals surface area contributed by atoms with Gasteiger partial charge in [0, 0.05) is 38.1 Å². The Morgan fingerprint density at radius 2 is 1.80 bits per heavy atom. The molecule has 134 valence electrons. The first-order valence-corrected chi connectivity index (χ1v) is 8.59. The molecule has 0 aliphatic rings. The maximum Gasteiger partial charge on any atom is 0.319 e. The van der Waals surface area contributed by atoms with Crippen molar-refractivity contribution >= 4 is 17.4 Å². The topological polar surface area (TPSA) is 64.6 Å². The second kappa shape index (κ2) is 9.69. The van der Waals surface area contributed by atoms with Crippen LogP contribution in [0.5, 0.6) is 0 Å². The molecular weight excluding hydrogens is 314 g/mol. The van der Waals surface area contributed by atoms with E-state index in [1.54, 1.807) is 0 Å². The number of urea groups is 1. The molecule has 0 aliphatic carbocycles. The molecule has 2 rings (SSSR count). The quantitative estimate of drug-likeness (QED) is 0.689. The predicted octanol–water partition coefficient (Wildman–Crippen LogP) is 3.46. The van der Waals surface area contributed by atoms with Crippen molar-refractivity contribution in [2.24, 2.45) is 5.92 Å². The normalized spacial score (nSPS) is 11.6. The molecule has 5 nitrogen and oxygen atoms in total. The van der Waals surface area contributed by atoms with Gasteiger partial charge in [-0.25, -0.2) is 4.79 Å². The van der Waals surface area contributed by atoms with Gasteiger partial charge in [0.1, 0.15) is 0 Å². The molecule has 0 heterocycles. The van der Waals surface area contributed by atoms with Crippen LogP contribution in [-0.2, 0) is 6.54 Å². The van der Waals surface area contributed by atoms with Gasteiger partial charge < -0.3 is 20.6 Å². The van der Waals surface area contributed by atoms with Crippen LogP contribution >= 0.6 is 0 Å². The van der Waals surface area contributed by atoms with Gasteiger partial charge in [0.25, 0.3) is 0 Å². The smallest absolute Gasteiger partial charge is 0.319 e. The molecule has 0 radical (unpaired) electrons. The monoisotopic (exact) mass is 341 g/mol. The molecular formula is C20H27N3O2. The molecule has 25 heavy (non-hydrogen) atoms. The fourth-order valence-electron chi connectivity index (χ4n) is 2.51. The lowest BCUT2D eigenvalue weighted by atomic mass is 10.1. The van der Waals surface area contributed by atoms with Crippen molar-refractivity contribution < 1.29 is 9.90 Å². The van der Waals surface area contributed by atoms with Gasteiger partial charge in [0.05, 0.1) is 0 Å². The van der Waals surface area contributed by atoms with Crippen molar-refractivity contribution in [2.75, 3.05) is 30.4 Å². The SMILES string of the molecule is CC(CCO)CNC(=O)Nc1ccc(N(C)Cc2ccccc2)cc1. The number of carbonyl (C=O) groups is 1. The molecule has 0 fully saturated rings. The lowest BCUT2D eigenvalue weighted by Crippen LogP contribution is -2.32. The first kappa shape index (κ1) is 18.8. The minimum Gasteiger partial charge on any atom is -0.396 e. The Balaban J connectivity index is 1.83. The minimum atomic E-state index is -0.227. The van der Waals surface area contributed by atoms with Crippen molar-refractivity contribution in [3.63, 3.8) is 0 Å². The Morgan fingerprint density at radius 3 is 2.44 bits per heavy atom. The van der Waals surface area contributed by atoms with Crippen molar-refractivity contribution in [3.8, 4) is 0 Å². The Hall–Kier alpha value is -2.53. The number of anilines is 2. The Bertz CT molecular complexity index is 644. The summed E-state index contributed by atoms with van der Waals surface area (Å²) in [7, 11) is 2.05. The molecule has 5 heteroatoms. The third-order valence-corrected chi connectivity index (χ3v) is 4.06. The van der Waals surface area contributed by atoms with Crippen LogP contribution < -0.4 is 15.5 Å². The van der Waals surface area contributed by atoms with Crippen LogP contribution in [0, 0.1) is 5.92 Å². The highest BCUT2D eigenvalue weighted by atomic mass is 16.3. The van der Waals surface area contributed by atoms with Gasteiger partial charge in [-0.15, -0.1) is 0 Å². The van der Waals surface area contributed by atoms with Crippen LogP contribution in [0.2, 0.25) is 0 Å². The molecule has 0 spiro atoms. The van der Waals surface area contributed by atoms with Gasteiger partial charge in [0.15, 0.2) is 0 Å². The number of nitrogens with zero attached hydrogens (tertiary/aromatic N) is 1. The highest BCUT2D eigenvalue weighted by Gasteiger charge is 2.06. The van der Waals surface area contributed by atoms with Crippen molar-refractivity contribution in [1.82, 2.24) is 5.32 Å². The largest absolute Gasteiger partial charge is 0.396 e. The summed E-state index contributed by atoms with van der Waals surface area (Å²) in [6.07, 6.45) is 0.683. The van der Waals surface area contributed by atoms with E-state index < -0.39 is 0 Å². The molecule has 0 saturated heterocycles. The van der Waals surface area contributed by atoms with Gasteiger partial charge in [-0.1, -0.05) is 37.3 Å². The fourth-order valence-corrected chi connectivity index (χ4v) is 2.51. The summed E-state index contributed by atoms with van der Waals surface area (Å²) in [5, 5.41) is 14.5. The van der Waals surface area contributed by atoms with Crippen LogP contribution in [-0.4, -0.2) is 31.3 Å². The van der Waals surface area contributed by atoms with E-state index in [0.29, 0.717) is 13.0 Å². The van der Waals surface area contributed by atoms with E-state index in [0.717, 1.165) is 17.9 Å². The average molecular weight is 341 g/mol. The number of aliphatic hydroxyl groups is 1. The van der Waals surface area contributed by atoms with E-state index in [4.69, 9.17) is 5.11 Å². The number of nitrogens with one attached hydrogen (secondary N) is 2. The number of rotatable bonds is 8. The fraction of sp³-hybridized carbons (Fsp3) is 0.350. The van der Waals surface area contributed by atoms with Crippen molar-refractivity contribution in [3.05, 3.63) is 60.2 Å². The number of aliphatic hydroxyl groups excluding tert-OH is 1. The Labute approximate surface area is 149 Å². The van der Waals surface area contributed by atoms with Crippen LogP contribution in [0.25, 0.3) is 0 Å². The Kier molecular flexibility index (Phi) is 7.29. The van der Waals surface area contributed by atoms with Gasteiger partial charge in [-0.3, -0.25) is 0 Å².